The molecule has 1 heterocycles. The molecule has 0 aliphatic rings. The highest BCUT2D eigenvalue weighted by molar-refractivity contribution is 9.10. The molecular formula is C19H24BrNO3S. The summed E-state index contributed by atoms with van der Waals surface area (Å²) < 4.78 is 12.5. The van der Waals surface area contributed by atoms with E-state index in [0.717, 1.165) is 15.1 Å². The molecule has 2 aromatic rings. The van der Waals surface area contributed by atoms with Crippen LogP contribution in [-0.2, 0) is 4.74 Å². The lowest BCUT2D eigenvalue weighted by molar-refractivity contribution is 0.0279. The Morgan fingerprint density at radius 3 is 2.64 bits per heavy atom. The molecule has 4 nitrogen and oxygen atoms in total. The van der Waals surface area contributed by atoms with Crippen molar-refractivity contribution in [2.75, 3.05) is 13.6 Å². The summed E-state index contributed by atoms with van der Waals surface area (Å²) in [7, 11) is 1.75. The number of hydrogen-bond donors (Lipinski definition) is 0. The Bertz CT molecular complexity index is 682. The largest absolute Gasteiger partial charge is 0.485 e. The van der Waals surface area contributed by atoms with Crippen molar-refractivity contribution in [3.63, 3.8) is 0 Å². The van der Waals surface area contributed by atoms with E-state index >= 15 is 0 Å². The highest BCUT2D eigenvalue weighted by atomic mass is 79.9. The summed E-state index contributed by atoms with van der Waals surface area (Å²) in [5.41, 5.74) is -0.495. The van der Waals surface area contributed by atoms with Crippen LogP contribution in [0.5, 0.6) is 5.75 Å². The van der Waals surface area contributed by atoms with Gasteiger partial charge < -0.3 is 14.4 Å². The van der Waals surface area contributed by atoms with Crippen molar-refractivity contribution in [3.05, 3.63) is 51.1 Å². The van der Waals surface area contributed by atoms with E-state index in [2.05, 4.69) is 22.0 Å². The van der Waals surface area contributed by atoms with Crippen molar-refractivity contribution in [1.82, 2.24) is 4.90 Å². The van der Waals surface area contributed by atoms with Gasteiger partial charge >= 0.3 is 6.09 Å². The number of hydrogen-bond acceptors (Lipinski definition) is 4. The molecule has 0 aliphatic carbocycles. The van der Waals surface area contributed by atoms with Gasteiger partial charge in [-0.15, -0.1) is 11.3 Å². The first kappa shape index (κ1) is 19.8. The molecule has 136 valence electrons. The fraction of sp³-hybridized carbons (Fsp3) is 0.421. The van der Waals surface area contributed by atoms with Gasteiger partial charge in [0.2, 0.25) is 0 Å². The van der Waals surface area contributed by atoms with E-state index in [-0.39, 0.29) is 12.2 Å². The SMILES string of the molecule is CN(CC[C@H](Oc1cccc(Br)c1)c1cccs1)C(=O)OC(C)(C)C. The average molecular weight is 426 g/mol. The Morgan fingerprint density at radius 2 is 2.04 bits per heavy atom. The standard InChI is InChI=1S/C19H24BrNO3S/c1-19(2,3)24-18(22)21(4)11-10-16(17-9-6-12-25-17)23-15-8-5-7-14(20)13-15/h5-9,12-13,16H,10-11H2,1-4H3/t16-/m0/s1. The fourth-order valence-corrected chi connectivity index (χ4v) is 3.35. The maximum Gasteiger partial charge on any atom is 0.410 e. The molecule has 0 N–H and O–H groups in total. The lowest BCUT2D eigenvalue weighted by Gasteiger charge is -2.26. The summed E-state index contributed by atoms with van der Waals surface area (Å²) in [4.78, 5) is 14.8. The predicted molar refractivity (Wildman–Crippen MR) is 105 cm³/mol. The van der Waals surface area contributed by atoms with Crippen LogP contribution in [0, 0.1) is 0 Å². The number of amides is 1. The lowest BCUT2D eigenvalue weighted by atomic mass is 10.2. The Kier molecular flexibility index (Phi) is 6.90. The normalized spacial score (nSPS) is 12.5. The molecule has 0 saturated carbocycles. The van der Waals surface area contributed by atoms with Crippen molar-refractivity contribution in [2.45, 2.75) is 38.9 Å². The molecule has 1 aromatic carbocycles. The van der Waals surface area contributed by atoms with Crippen molar-refractivity contribution in [2.24, 2.45) is 0 Å². The Morgan fingerprint density at radius 1 is 1.28 bits per heavy atom. The summed E-state index contributed by atoms with van der Waals surface area (Å²) in [6.07, 6.45) is 0.252. The van der Waals surface area contributed by atoms with Gasteiger partial charge in [0.1, 0.15) is 17.5 Å². The average Bonchev–Trinajstić information content (AvgIpc) is 3.03. The van der Waals surface area contributed by atoms with Gasteiger partial charge in [0, 0.05) is 29.4 Å². The zero-order chi connectivity index (χ0) is 18.4. The fourth-order valence-electron chi connectivity index (χ4n) is 2.18. The second-order valence-electron chi connectivity index (χ2n) is 6.77. The number of thiophene rings is 1. The highest BCUT2D eigenvalue weighted by Gasteiger charge is 2.22. The first-order chi connectivity index (χ1) is 11.7. The molecule has 0 fully saturated rings. The van der Waals surface area contributed by atoms with Crippen LogP contribution in [-0.4, -0.2) is 30.2 Å². The smallest absolute Gasteiger partial charge is 0.410 e. The summed E-state index contributed by atoms with van der Waals surface area (Å²) in [6, 6.07) is 11.8. The second-order valence-corrected chi connectivity index (χ2v) is 8.66. The van der Waals surface area contributed by atoms with Gasteiger partial charge in [0.05, 0.1) is 0 Å². The van der Waals surface area contributed by atoms with Gasteiger partial charge in [0.25, 0.3) is 0 Å². The first-order valence-corrected chi connectivity index (χ1v) is 9.81. The lowest BCUT2D eigenvalue weighted by Crippen LogP contribution is -2.35. The van der Waals surface area contributed by atoms with E-state index in [1.54, 1.807) is 23.3 Å². The minimum atomic E-state index is -0.495. The highest BCUT2D eigenvalue weighted by Crippen LogP contribution is 2.29. The van der Waals surface area contributed by atoms with Gasteiger partial charge in [-0.3, -0.25) is 0 Å². The molecule has 0 saturated heterocycles. The molecular weight excluding hydrogens is 402 g/mol. The summed E-state index contributed by atoms with van der Waals surface area (Å²) in [5.74, 6) is 0.799. The minimum Gasteiger partial charge on any atom is -0.485 e. The molecule has 0 radical (unpaired) electrons. The third kappa shape index (κ3) is 6.71. The molecule has 0 unspecified atom stereocenters. The number of rotatable bonds is 6. The summed E-state index contributed by atoms with van der Waals surface area (Å²) in [5, 5.41) is 2.03. The van der Waals surface area contributed by atoms with Crippen molar-refractivity contribution < 1.29 is 14.3 Å². The minimum absolute atomic E-state index is 0.112. The van der Waals surface area contributed by atoms with E-state index in [1.807, 2.05) is 56.5 Å². The van der Waals surface area contributed by atoms with E-state index in [0.29, 0.717) is 13.0 Å². The summed E-state index contributed by atoms with van der Waals surface area (Å²) >= 11 is 5.12. The van der Waals surface area contributed by atoms with Crippen LogP contribution in [0.4, 0.5) is 4.79 Å². The Hall–Kier alpha value is -1.53. The molecule has 1 amide bonds. The van der Waals surface area contributed by atoms with E-state index < -0.39 is 5.60 Å². The van der Waals surface area contributed by atoms with Crippen LogP contribution in [0.15, 0.2) is 46.3 Å². The molecule has 2 rings (SSSR count). The number of nitrogens with zero attached hydrogens (tertiary/aromatic N) is 1. The van der Waals surface area contributed by atoms with Crippen molar-refractivity contribution >= 4 is 33.4 Å². The second kappa shape index (κ2) is 8.72. The van der Waals surface area contributed by atoms with Crippen LogP contribution in [0.2, 0.25) is 0 Å². The number of carbonyl (C=O) groups excluding carboxylic acids is 1. The van der Waals surface area contributed by atoms with E-state index in [4.69, 9.17) is 9.47 Å². The van der Waals surface area contributed by atoms with Crippen LogP contribution in [0.3, 0.4) is 0 Å². The molecule has 25 heavy (non-hydrogen) atoms. The third-order valence-corrected chi connectivity index (χ3v) is 4.82. The zero-order valence-corrected chi connectivity index (χ0v) is 17.4. The zero-order valence-electron chi connectivity index (χ0n) is 15.0. The third-order valence-electron chi connectivity index (χ3n) is 3.37. The van der Waals surface area contributed by atoms with Gasteiger partial charge in [-0.1, -0.05) is 28.1 Å². The molecule has 0 bridgehead atoms. The quantitative estimate of drug-likeness (QED) is 0.578. The molecule has 6 heteroatoms. The monoisotopic (exact) mass is 425 g/mol. The number of carbonyl (C=O) groups is 1. The number of ether oxygens (including phenoxy) is 2. The summed E-state index contributed by atoms with van der Waals surface area (Å²) in [6.45, 7) is 6.14. The van der Waals surface area contributed by atoms with E-state index in [9.17, 15) is 4.79 Å². The number of halogens is 1. The van der Waals surface area contributed by atoms with Gasteiger partial charge in [-0.25, -0.2) is 4.79 Å². The number of benzene rings is 1. The molecule has 0 aliphatic heterocycles. The van der Waals surface area contributed by atoms with E-state index in [1.165, 1.54) is 0 Å². The Balaban J connectivity index is 2.01. The van der Waals surface area contributed by atoms with Crippen LogP contribution >= 0.6 is 27.3 Å². The van der Waals surface area contributed by atoms with Crippen LogP contribution in [0.25, 0.3) is 0 Å². The Labute approximate surface area is 161 Å². The topological polar surface area (TPSA) is 38.8 Å². The first-order valence-electron chi connectivity index (χ1n) is 8.14. The van der Waals surface area contributed by atoms with Crippen molar-refractivity contribution in [1.29, 1.82) is 0 Å². The van der Waals surface area contributed by atoms with Gasteiger partial charge in [-0.2, -0.15) is 0 Å². The van der Waals surface area contributed by atoms with Gasteiger partial charge in [0.15, 0.2) is 0 Å². The molecule has 0 spiro atoms. The molecule has 1 aromatic heterocycles. The maximum atomic E-state index is 12.1. The van der Waals surface area contributed by atoms with Crippen molar-refractivity contribution in [3.8, 4) is 5.75 Å². The van der Waals surface area contributed by atoms with Crippen LogP contribution in [0.1, 0.15) is 38.2 Å². The van der Waals surface area contributed by atoms with Crippen LogP contribution < -0.4 is 4.74 Å². The molecule has 1 atom stereocenters. The predicted octanol–water partition coefficient (Wildman–Crippen LogP) is 5.89. The van der Waals surface area contributed by atoms with Gasteiger partial charge in [-0.05, 0) is 50.4 Å². The maximum absolute atomic E-state index is 12.1.